The van der Waals surface area contributed by atoms with Crippen LogP contribution in [0, 0.1) is 0 Å². The maximum absolute atomic E-state index is 12.0. The van der Waals surface area contributed by atoms with E-state index in [1.165, 1.54) is 0 Å². The fraction of sp³-hybridized carbons (Fsp3) is 0.263. The van der Waals surface area contributed by atoms with Crippen LogP contribution in [0.3, 0.4) is 0 Å². The van der Waals surface area contributed by atoms with Crippen LogP contribution in [0.15, 0.2) is 48.5 Å². The van der Waals surface area contributed by atoms with Crippen molar-refractivity contribution in [2.45, 2.75) is 25.0 Å². The maximum Gasteiger partial charge on any atom is 0.309 e. The second-order valence-corrected chi connectivity index (χ2v) is 6.55. The number of aliphatic hydroxyl groups is 1. The monoisotopic (exact) mass is 358 g/mol. The summed E-state index contributed by atoms with van der Waals surface area (Å²) in [5.41, 5.74) is 1.48. The first-order chi connectivity index (χ1) is 12.0. The molecular weight excluding hydrogens is 340 g/mol. The largest absolute Gasteiger partial charge is 0.383 e. The van der Waals surface area contributed by atoms with Crippen molar-refractivity contribution >= 4 is 23.4 Å². The van der Waals surface area contributed by atoms with Crippen molar-refractivity contribution in [1.82, 2.24) is 10.6 Å². The van der Waals surface area contributed by atoms with E-state index in [4.69, 9.17) is 11.6 Å². The van der Waals surface area contributed by atoms with Crippen molar-refractivity contribution < 1.29 is 14.7 Å². The van der Waals surface area contributed by atoms with E-state index < -0.39 is 17.4 Å². The van der Waals surface area contributed by atoms with Crippen LogP contribution in [0.25, 0.3) is 0 Å². The molecule has 6 heteroatoms. The van der Waals surface area contributed by atoms with Crippen molar-refractivity contribution in [3.8, 4) is 0 Å². The highest BCUT2D eigenvalue weighted by Gasteiger charge is 2.36. The van der Waals surface area contributed by atoms with Crippen LogP contribution in [-0.4, -0.2) is 23.5 Å². The van der Waals surface area contributed by atoms with Crippen molar-refractivity contribution in [2.24, 2.45) is 0 Å². The van der Waals surface area contributed by atoms with E-state index >= 15 is 0 Å². The summed E-state index contributed by atoms with van der Waals surface area (Å²) in [5, 5.41) is 16.3. The minimum Gasteiger partial charge on any atom is -0.383 e. The average Bonchev–Trinajstić information content (AvgIpc) is 2.96. The lowest BCUT2D eigenvalue weighted by Gasteiger charge is -2.24. The third-order valence-electron chi connectivity index (χ3n) is 4.47. The smallest absolute Gasteiger partial charge is 0.309 e. The van der Waals surface area contributed by atoms with E-state index in [0.717, 1.165) is 23.1 Å². The summed E-state index contributed by atoms with van der Waals surface area (Å²) in [6.07, 6.45) is 1.27. The lowest BCUT2D eigenvalue weighted by molar-refractivity contribution is -0.140. The van der Waals surface area contributed by atoms with Gasteiger partial charge in [-0.2, -0.15) is 0 Å². The Morgan fingerprint density at radius 1 is 1.04 bits per heavy atom. The van der Waals surface area contributed by atoms with Crippen molar-refractivity contribution in [3.63, 3.8) is 0 Å². The zero-order valence-electron chi connectivity index (χ0n) is 13.6. The molecule has 1 aliphatic carbocycles. The summed E-state index contributed by atoms with van der Waals surface area (Å²) in [4.78, 5) is 23.9. The summed E-state index contributed by atoms with van der Waals surface area (Å²) in [5.74, 6) is -1.53. The van der Waals surface area contributed by atoms with Gasteiger partial charge in [0, 0.05) is 11.6 Å². The van der Waals surface area contributed by atoms with Gasteiger partial charge in [0.25, 0.3) is 0 Å². The Labute approximate surface area is 151 Å². The molecular formula is C19H19ClN2O3. The molecule has 0 radical (unpaired) electrons. The number of rotatable bonds is 4. The quantitative estimate of drug-likeness (QED) is 0.730. The highest BCUT2D eigenvalue weighted by Crippen LogP contribution is 2.36. The fourth-order valence-corrected chi connectivity index (χ4v) is 3.26. The topological polar surface area (TPSA) is 78.4 Å². The molecule has 1 atom stereocenters. The Kier molecular flexibility index (Phi) is 5.06. The molecule has 25 heavy (non-hydrogen) atoms. The number of carbonyl (C=O) groups excluding carboxylic acids is 2. The number of hydrogen-bond acceptors (Lipinski definition) is 3. The van der Waals surface area contributed by atoms with Crippen LogP contribution in [0.1, 0.15) is 23.1 Å². The van der Waals surface area contributed by atoms with E-state index in [9.17, 15) is 14.7 Å². The van der Waals surface area contributed by atoms with E-state index in [-0.39, 0.29) is 13.1 Å². The Hall–Kier alpha value is -2.37. The first kappa shape index (κ1) is 17.5. The third-order valence-corrected chi connectivity index (χ3v) is 4.84. The molecule has 1 aliphatic rings. The first-order valence-corrected chi connectivity index (χ1v) is 8.47. The van der Waals surface area contributed by atoms with Gasteiger partial charge in [0.1, 0.15) is 5.60 Å². The number of carbonyl (C=O) groups is 2. The highest BCUT2D eigenvalue weighted by atomic mass is 35.5. The van der Waals surface area contributed by atoms with Crippen LogP contribution in [0.4, 0.5) is 0 Å². The maximum atomic E-state index is 12.0. The lowest BCUT2D eigenvalue weighted by Crippen LogP contribution is -2.45. The van der Waals surface area contributed by atoms with Crippen molar-refractivity contribution in [3.05, 3.63) is 70.2 Å². The van der Waals surface area contributed by atoms with Gasteiger partial charge in [0.05, 0.1) is 6.54 Å². The second-order valence-electron chi connectivity index (χ2n) is 6.15. The molecule has 5 nitrogen and oxygen atoms in total. The normalized spacial score (nSPS) is 18.5. The Balaban J connectivity index is 1.54. The van der Waals surface area contributed by atoms with E-state index in [1.54, 1.807) is 24.3 Å². The number of nitrogens with one attached hydrogen (secondary N) is 2. The Morgan fingerprint density at radius 2 is 1.72 bits per heavy atom. The van der Waals surface area contributed by atoms with Gasteiger partial charge in [-0.1, -0.05) is 54.1 Å². The first-order valence-electron chi connectivity index (χ1n) is 8.10. The Bertz CT molecular complexity index is 809. The van der Waals surface area contributed by atoms with Gasteiger partial charge in [-0.15, -0.1) is 0 Å². The predicted molar refractivity (Wildman–Crippen MR) is 95.0 cm³/mol. The number of amides is 2. The summed E-state index contributed by atoms with van der Waals surface area (Å²) < 4.78 is 0. The van der Waals surface area contributed by atoms with Gasteiger partial charge < -0.3 is 15.7 Å². The predicted octanol–water partition coefficient (Wildman–Crippen LogP) is 1.91. The molecule has 0 spiro atoms. The third kappa shape index (κ3) is 3.83. The average molecular weight is 359 g/mol. The second kappa shape index (κ2) is 7.25. The van der Waals surface area contributed by atoms with Gasteiger partial charge >= 0.3 is 11.8 Å². The minimum absolute atomic E-state index is 0.00234. The van der Waals surface area contributed by atoms with Gasteiger partial charge in [-0.25, -0.2) is 0 Å². The van der Waals surface area contributed by atoms with E-state index in [2.05, 4.69) is 10.6 Å². The molecule has 0 bridgehead atoms. The highest BCUT2D eigenvalue weighted by molar-refractivity contribution is 6.35. The number of aryl methyl sites for hydroxylation is 1. The molecule has 3 rings (SSSR count). The molecule has 3 N–H and O–H groups in total. The molecule has 2 aromatic rings. The number of hydrogen-bond donors (Lipinski definition) is 3. The van der Waals surface area contributed by atoms with E-state index in [0.29, 0.717) is 11.4 Å². The van der Waals surface area contributed by atoms with Crippen LogP contribution in [0.2, 0.25) is 5.02 Å². The minimum atomic E-state index is -1.13. The SMILES string of the molecule is O=C(NCc1ccccc1Cl)C(=O)NC[C@]1(O)CCc2ccccc21. The summed E-state index contributed by atoms with van der Waals surface area (Å²) >= 11 is 6.02. The van der Waals surface area contributed by atoms with Crippen LogP contribution >= 0.6 is 11.6 Å². The summed E-state index contributed by atoms with van der Waals surface area (Å²) in [6.45, 7) is 0.168. The number of benzene rings is 2. The molecule has 130 valence electrons. The molecule has 0 saturated heterocycles. The van der Waals surface area contributed by atoms with Crippen LogP contribution in [0.5, 0.6) is 0 Å². The van der Waals surface area contributed by atoms with Gasteiger partial charge in [0.15, 0.2) is 0 Å². The molecule has 0 fully saturated rings. The van der Waals surface area contributed by atoms with Crippen LogP contribution < -0.4 is 10.6 Å². The molecule has 0 aliphatic heterocycles. The zero-order valence-corrected chi connectivity index (χ0v) is 14.3. The molecule has 0 saturated carbocycles. The summed E-state index contributed by atoms with van der Waals surface area (Å²) in [7, 11) is 0. The van der Waals surface area contributed by atoms with Crippen LogP contribution in [-0.2, 0) is 28.2 Å². The van der Waals surface area contributed by atoms with E-state index in [1.807, 2.05) is 24.3 Å². The standard InChI is InChI=1S/C19H19ClN2O3/c20-16-8-4-2-6-14(16)11-21-17(23)18(24)22-12-19(25)10-9-13-5-1-3-7-15(13)19/h1-8,25H,9-12H2,(H,21,23)(H,22,24)/t19-/m1/s1. The molecule has 0 aromatic heterocycles. The Morgan fingerprint density at radius 3 is 2.52 bits per heavy atom. The molecule has 2 amide bonds. The van der Waals surface area contributed by atoms with Gasteiger partial charge in [-0.3, -0.25) is 9.59 Å². The van der Waals surface area contributed by atoms with Gasteiger partial charge in [0.2, 0.25) is 0 Å². The van der Waals surface area contributed by atoms with Gasteiger partial charge in [-0.05, 0) is 35.6 Å². The lowest BCUT2D eigenvalue weighted by atomic mass is 9.96. The number of fused-ring (bicyclic) bond motifs is 1. The molecule has 2 aromatic carbocycles. The van der Waals surface area contributed by atoms with Crippen molar-refractivity contribution in [1.29, 1.82) is 0 Å². The number of halogens is 1. The zero-order chi connectivity index (χ0) is 17.9. The summed E-state index contributed by atoms with van der Waals surface area (Å²) in [6, 6.07) is 14.7. The molecule has 0 unspecified atom stereocenters. The van der Waals surface area contributed by atoms with Crippen molar-refractivity contribution in [2.75, 3.05) is 6.54 Å². The fourth-order valence-electron chi connectivity index (χ4n) is 3.06. The molecule has 0 heterocycles.